The van der Waals surface area contributed by atoms with Crippen LogP contribution in [-0.4, -0.2) is 60.3 Å². The number of carbonyl (C=O) groups excluding carboxylic acids is 3. The van der Waals surface area contributed by atoms with E-state index < -0.39 is 86.4 Å². The summed E-state index contributed by atoms with van der Waals surface area (Å²) in [4.78, 5) is 46.1. The van der Waals surface area contributed by atoms with Gasteiger partial charge in [-0.15, -0.1) is 0 Å². The molecule has 1 aliphatic heterocycles. The fourth-order valence-electron chi connectivity index (χ4n) is 6.73. The Kier molecular flexibility index (Phi) is 14.8. The fraction of sp³-hybridized carbons (Fsp3) is 0.488. The number of phosphoric acid groups is 1. The highest BCUT2D eigenvalue weighted by atomic mass is 31.2. The highest BCUT2D eigenvalue weighted by Gasteiger charge is 2.40. The molecule has 0 radical (unpaired) electrons. The Balaban J connectivity index is 1.39. The first-order chi connectivity index (χ1) is 28.0. The summed E-state index contributed by atoms with van der Waals surface area (Å²) in [6.07, 6.45) is -5.60. The predicted octanol–water partition coefficient (Wildman–Crippen LogP) is 8.86. The first-order valence-corrected chi connectivity index (χ1v) is 21.2. The number of nitrogens with one attached hydrogen (secondary N) is 1. The van der Waals surface area contributed by atoms with Gasteiger partial charge in [-0.3, -0.25) is 38.4 Å². The van der Waals surface area contributed by atoms with E-state index in [0.717, 1.165) is 23.8 Å². The van der Waals surface area contributed by atoms with Crippen LogP contribution in [0.1, 0.15) is 101 Å². The molecule has 3 aromatic carbocycles. The normalized spacial score (nSPS) is 17.4. The second-order valence-corrected chi connectivity index (χ2v) is 18.6. The molecule has 0 aromatic heterocycles. The van der Waals surface area contributed by atoms with E-state index in [9.17, 15) is 32.1 Å². The largest absolute Gasteiger partial charge is 0.476 e. The van der Waals surface area contributed by atoms with Gasteiger partial charge in [0.2, 0.25) is 5.91 Å². The SMILES string of the molecule is CC(C)(C)OP(=O)(OCc1ccc(C(=O)OCN2C(=O)[C@@H](NC[C@H](CCC(F)(F)F)[C@H](CC3CC3)C(N)=O)N=C(c3ccccc3)c3cccc(F)c32)cc1)OC(C)(C)C. The molecule has 5 rings (SSSR count). The molecule has 3 aromatic rings. The number of anilines is 1. The molecule has 60 heavy (non-hydrogen) atoms. The standard InChI is InChI=1S/C43H53F4N4O8P/c1-41(2,3)58-60(55,59-42(4,5)6)57-25-28-17-19-30(20-18-28)40(54)56-26-51-36-32(13-10-14-34(36)44)35(29-11-8-7-9-12-29)50-38(39(51)53)49-24-31(21-22-43(45,46)47)33(37(48)52)23-27-15-16-27/h7-14,17-20,27,31,33,38,49H,15-16,21-26H2,1-6H3,(H2,48,52)/t31-,33-,38-/m0/s1. The number of nitrogens with zero attached hydrogens (tertiary/aromatic N) is 2. The molecule has 0 spiro atoms. The molecule has 2 amide bonds. The van der Waals surface area contributed by atoms with Crippen LogP contribution in [0.3, 0.4) is 0 Å². The van der Waals surface area contributed by atoms with Crippen LogP contribution < -0.4 is 16.0 Å². The average Bonchev–Trinajstić information content (AvgIpc) is 3.98. The van der Waals surface area contributed by atoms with Crippen molar-refractivity contribution in [2.45, 2.75) is 104 Å². The fourth-order valence-corrected chi connectivity index (χ4v) is 8.52. The number of amides is 2. The van der Waals surface area contributed by atoms with Gasteiger partial charge in [-0.2, -0.15) is 13.2 Å². The quantitative estimate of drug-likeness (QED) is 0.0724. The van der Waals surface area contributed by atoms with E-state index in [1.165, 1.54) is 18.2 Å². The smallest absolute Gasteiger partial charge is 0.440 e. The van der Waals surface area contributed by atoms with Crippen molar-refractivity contribution in [1.82, 2.24) is 5.32 Å². The van der Waals surface area contributed by atoms with Crippen LogP contribution in [0.5, 0.6) is 0 Å². The highest BCUT2D eigenvalue weighted by Crippen LogP contribution is 2.56. The molecular weight excluding hydrogens is 807 g/mol. The van der Waals surface area contributed by atoms with E-state index in [-0.39, 0.29) is 41.6 Å². The molecule has 0 bridgehead atoms. The molecule has 1 saturated carbocycles. The molecule has 1 heterocycles. The molecule has 326 valence electrons. The van der Waals surface area contributed by atoms with E-state index in [1.807, 2.05) is 0 Å². The molecule has 3 N–H and O–H groups in total. The van der Waals surface area contributed by atoms with Crippen molar-refractivity contribution in [3.63, 3.8) is 0 Å². The lowest BCUT2D eigenvalue weighted by molar-refractivity contribution is -0.141. The number of esters is 1. The Morgan fingerprint density at radius 2 is 1.57 bits per heavy atom. The van der Waals surface area contributed by atoms with Crippen LogP contribution in [0, 0.1) is 23.6 Å². The molecule has 0 saturated heterocycles. The number of ether oxygens (including phenoxy) is 1. The van der Waals surface area contributed by atoms with Crippen molar-refractivity contribution in [3.8, 4) is 0 Å². The Morgan fingerprint density at radius 3 is 2.13 bits per heavy atom. The van der Waals surface area contributed by atoms with Gasteiger partial charge >= 0.3 is 20.0 Å². The number of aliphatic imine (C=N–C) groups is 1. The summed E-state index contributed by atoms with van der Waals surface area (Å²) >= 11 is 0. The number of hydrogen-bond acceptors (Lipinski definition) is 10. The Morgan fingerprint density at radius 1 is 0.933 bits per heavy atom. The van der Waals surface area contributed by atoms with Gasteiger partial charge in [0, 0.05) is 30.0 Å². The second kappa shape index (κ2) is 19.1. The predicted molar refractivity (Wildman–Crippen MR) is 217 cm³/mol. The lowest BCUT2D eigenvalue weighted by atomic mass is 9.83. The van der Waals surface area contributed by atoms with E-state index >= 15 is 4.39 Å². The zero-order chi connectivity index (χ0) is 44.0. The number of rotatable bonds is 18. The van der Waals surface area contributed by atoms with Gasteiger partial charge in [0.05, 0.1) is 34.8 Å². The number of carbonyl (C=O) groups is 3. The first kappa shape index (κ1) is 46.6. The third-order valence-corrected chi connectivity index (χ3v) is 11.6. The van der Waals surface area contributed by atoms with Crippen molar-refractivity contribution < 1.29 is 54.8 Å². The molecule has 2 aliphatic rings. The van der Waals surface area contributed by atoms with Crippen LogP contribution in [0.2, 0.25) is 0 Å². The zero-order valence-electron chi connectivity index (χ0n) is 34.6. The number of alkyl halides is 3. The minimum atomic E-state index is -4.50. The topological polar surface area (TPSA) is 159 Å². The summed E-state index contributed by atoms with van der Waals surface area (Å²) in [5.74, 6) is -4.92. The Bertz CT molecular complexity index is 2050. The van der Waals surface area contributed by atoms with Gasteiger partial charge in [-0.05, 0) is 90.0 Å². The summed E-state index contributed by atoms with van der Waals surface area (Å²) < 4.78 is 92.5. The summed E-state index contributed by atoms with van der Waals surface area (Å²) in [6, 6.07) is 18.7. The molecule has 1 fully saturated rings. The maximum Gasteiger partial charge on any atom is 0.476 e. The third kappa shape index (κ3) is 13.5. The summed E-state index contributed by atoms with van der Waals surface area (Å²) in [6.45, 7) is 9.06. The monoisotopic (exact) mass is 860 g/mol. The van der Waals surface area contributed by atoms with Gasteiger partial charge < -0.3 is 10.5 Å². The van der Waals surface area contributed by atoms with Crippen LogP contribution in [0.25, 0.3) is 0 Å². The molecular formula is C43H53F4N4O8P. The van der Waals surface area contributed by atoms with E-state index in [2.05, 4.69) is 5.32 Å². The van der Waals surface area contributed by atoms with E-state index in [1.54, 1.807) is 90.1 Å². The number of primary amides is 1. The second-order valence-electron chi connectivity index (χ2n) is 17.0. The van der Waals surface area contributed by atoms with E-state index in [4.69, 9.17) is 29.0 Å². The molecule has 3 atom stereocenters. The van der Waals surface area contributed by atoms with Crippen LogP contribution in [-0.2, 0) is 39.1 Å². The number of fused-ring (bicyclic) bond motifs is 1. The van der Waals surface area contributed by atoms with Crippen molar-refractivity contribution in [3.05, 3.63) is 101 Å². The molecule has 1 aliphatic carbocycles. The van der Waals surface area contributed by atoms with Gasteiger partial charge in [0.15, 0.2) is 12.9 Å². The Hall–Kier alpha value is -4.47. The number of hydrogen-bond donors (Lipinski definition) is 2. The van der Waals surface area contributed by atoms with Crippen molar-refractivity contribution >= 4 is 37.0 Å². The van der Waals surface area contributed by atoms with Gasteiger partial charge in [-0.25, -0.2) is 13.8 Å². The number of benzene rings is 3. The third-order valence-electron chi connectivity index (χ3n) is 9.58. The van der Waals surface area contributed by atoms with Crippen LogP contribution in [0.15, 0.2) is 77.8 Å². The number of benzodiazepines with no additional fused rings is 1. The van der Waals surface area contributed by atoms with E-state index in [0.29, 0.717) is 17.5 Å². The van der Waals surface area contributed by atoms with Gasteiger partial charge in [0.1, 0.15) is 5.82 Å². The minimum Gasteiger partial charge on any atom is -0.440 e. The maximum atomic E-state index is 16.0. The van der Waals surface area contributed by atoms with Crippen molar-refractivity contribution in [2.24, 2.45) is 28.5 Å². The maximum absolute atomic E-state index is 16.0. The lowest BCUT2D eigenvalue weighted by Crippen LogP contribution is -2.49. The Labute approximate surface area is 347 Å². The summed E-state index contributed by atoms with van der Waals surface area (Å²) in [5, 5.41) is 2.97. The lowest BCUT2D eigenvalue weighted by Gasteiger charge is -2.30. The van der Waals surface area contributed by atoms with Crippen LogP contribution in [0.4, 0.5) is 23.2 Å². The molecule has 17 heteroatoms. The van der Waals surface area contributed by atoms with Gasteiger partial charge in [0.25, 0.3) is 5.91 Å². The molecule has 0 unspecified atom stereocenters. The van der Waals surface area contributed by atoms with Crippen molar-refractivity contribution in [1.29, 1.82) is 0 Å². The van der Waals surface area contributed by atoms with Crippen LogP contribution >= 0.6 is 7.82 Å². The zero-order valence-corrected chi connectivity index (χ0v) is 35.5. The minimum absolute atomic E-state index is 0.0615. The highest BCUT2D eigenvalue weighted by molar-refractivity contribution is 7.48. The van der Waals surface area contributed by atoms with Crippen molar-refractivity contribution in [2.75, 3.05) is 18.2 Å². The van der Waals surface area contributed by atoms with Gasteiger partial charge in [-0.1, -0.05) is 67.4 Å². The number of nitrogens with two attached hydrogens (primary N) is 1. The summed E-state index contributed by atoms with van der Waals surface area (Å²) in [5.41, 5.74) is 5.29. The average molecular weight is 861 g/mol. The summed E-state index contributed by atoms with van der Waals surface area (Å²) in [7, 11) is -4.03. The number of halogens is 4. The number of para-hydroxylation sites is 1. The number of phosphoric ester groups is 1. The molecule has 12 nitrogen and oxygen atoms in total. The first-order valence-electron chi connectivity index (χ1n) is 19.8.